The minimum absolute atomic E-state index is 0.239. The topological polar surface area (TPSA) is 58.8 Å². The van der Waals surface area contributed by atoms with E-state index in [9.17, 15) is 10.0 Å². The van der Waals surface area contributed by atoms with Gasteiger partial charge in [0, 0.05) is 5.57 Å². The van der Waals surface area contributed by atoms with Gasteiger partial charge >= 0.3 is 5.97 Å². The highest BCUT2D eigenvalue weighted by molar-refractivity contribution is 6.35. The molecule has 1 aliphatic rings. The Hall–Kier alpha value is -4.38. The van der Waals surface area contributed by atoms with Crippen LogP contribution in [0.4, 0.5) is 0 Å². The Bertz CT molecular complexity index is 1480. The lowest BCUT2D eigenvalue weighted by atomic mass is 9.97. The van der Waals surface area contributed by atoms with E-state index in [2.05, 4.69) is 30.3 Å². The molecule has 4 aromatic rings. The molecule has 0 atom stereocenters. The summed E-state index contributed by atoms with van der Waals surface area (Å²) in [5, 5.41) is 12.9. The van der Waals surface area contributed by atoms with Gasteiger partial charge in [-0.3, -0.25) is 5.21 Å². The van der Waals surface area contributed by atoms with Gasteiger partial charge in [0.25, 0.3) is 5.71 Å². The second-order valence-electron chi connectivity index (χ2n) is 8.39. The van der Waals surface area contributed by atoms with Crippen molar-refractivity contribution in [3.8, 4) is 5.75 Å². The largest absolute Gasteiger partial charge is 0.489 e. The molecule has 0 aromatic heterocycles. The second-order valence-corrected chi connectivity index (χ2v) is 8.39. The van der Waals surface area contributed by atoms with Crippen molar-refractivity contribution >= 4 is 28.0 Å². The number of ether oxygens (including phenoxy) is 2. The van der Waals surface area contributed by atoms with Crippen LogP contribution >= 0.6 is 0 Å². The fourth-order valence-corrected chi connectivity index (χ4v) is 4.55. The Morgan fingerprint density at radius 1 is 0.857 bits per heavy atom. The smallest absolute Gasteiger partial charge is 0.345 e. The van der Waals surface area contributed by atoms with Crippen molar-refractivity contribution in [2.45, 2.75) is 13.5 Å². The Kier molecular flexibility index (Phi) is 6.06. The SMILES string of the molecule is CCOC(=O)C1=C(c2ccccc2)c2ccc(OCc3ccc4ccccc4c3)cc2C1=[N+](C)O. The number of fused-ring (bicyclic) bond motifs is 2. The highest BCUT2D eigenvalue weighted by atomic mass is 16.5. The van der Waals surface area contributed by atoms with Crippen LogP contribution in [0.1, 0.15) is 29.2 Å². The van der Waals surface area contributed by atoms with Gasteiger partial charge in [0.05, 0.1) is 12.2 Å². The minimum Gasteiger partial charge on any atom is -0.489 e. The van der Waals surface area contributed by atoms with Crippen molar-refractivity contribution in [2.75, 3.05) is 13.7 Å². The first-order valence-electron chi connectivity index (χ1n) is 11.6. The summed E-state index contributed by atoms with van der Waals surface area (Å²) in [4.78, 5) is 13.0. The fourth-order valence-electron chi connectivity index (χ4n) is 4.55. The quantitative estimate of drug-likeness (QED) is 0.174. The average Bonchev–Trinajstić information content (AvgIpc) is 3.23. The summed E-state index contributed by atoms with van der Waals surface area (Å²) in [7, 11) is 1.51. The molecule has 0 unspecified atom stereocenters. The molecule has 0 saturated carbocycles. The number of nitrogens with zero attached hydrogens (tertiary/aromatic N) is 1. The summed E-state index contributed by atoms with van der Waals surface area (Å²) in [5.74, 6) is 0.172. The molecule has 0 spiro atoms. The maximum absolute atomic E-state index is 13.0. The molecule has 5 nitrogen and oxygen atoms in total. The first kappa shape index (κ1) is 22.4. The summed E-state index contributed by atoms with van der Waals surface area (Å²) in [6, 6.07) is 29.8. The van der Waals surface area contributed by atoms with Crippen molar-refractivity contribution in [3.63, 3.8) is 0 Å². The first-order chi connectivity index (χ1) is 17.1. The lowest BCUT2D eigenvalue weighted by molar-refractivity contribution is -0.753. The Balaban J connectivity index is 1.52. The van der Waals surface area contributed by atoms with E-state index in [1.807, 2.05) is 60.7 Å². The van der Waals surface area contributed by atoms with Gasteiger partial charge in [0.2, 0.25) is 0 Å². The van der Waals surface area contributed by atoms with Gasteiger partial charge in [0.1, 0.15) is 17.9 Å². The zero-order valence-corrected chi connectivity index (χ0v) is 19.7. The maximum Gasteiger partial charge on any atom is 0.345 e. The molecule has 0 aliphatic heterocycles. The van der Waals surface area contributed by atoms with E-state index in [0.29, 0.717) is 29.2 Å². The maximum atomic E-state index is 13.0. The molecule has 0 bridgehead atoms. The van der Waals surface area contributed by atoms with Crippen molar-refractivity contribution < 1.29 is 24.2 Å². The number of carbonyl (C=O) groups excluding carboxylic acids is 1. The van der Waals surface area contributed by atoms with E-state index < -0.39 is 5.97 Å². The molecule has 1 aliphatic carbocycles. The number of carbonyl (C=O) groups is 1. The highest BCUT2D eigenvalue weighted by Gasteiger charge is 2.40. The number of benzene rings is 4. The van der Waals surface area contributed by atoms with Gasteiger partial charge in [-0.2, -0.15) is 0 Å². The molecule has 35 heavy (non-hydrogen) atoms. The third-order valence-corrected chi connectivity index (χ3v) is 6.09. The predicted octanol–water partition coefficient (Wildman–Crippen LogP) is 5.62. The number of esters is 1. The van der Waals surface area contributed by atoms with E-state index in [-0.39, 0.29) is 6.61 Å². The van der Waals surface area contributed by atoms with Gasteiger partial charge in [-0.05, 0) is 63.4 Å². The van der Waals surface area contributed by atoms with Gasteiger partial charge < -0.3 is 9.47 Å². The normalized spacial score (nSPS) is 14.1. The minimum atomic E-state index is -0.475. The molecule has 0 saturated heterocycles. The monoisotopic (exact) mass is 464 g/mol. The van der Waals surface area contributed by atoms with E-state index >= 15 is 0 Å². The number of hydrogen-bond acceptors (Lipinski definition) is 4. The summed E-state index contributed by atoms with van der Waals surface area (Å²) in [6.07, 6.45) is 0. The predicted molar refractivity (Wildman–Crippen MR) is 136 cm³/mol. The second kappa shape index (κ2) is 9.47. The lowest BCUT2D eigenvalue weighted by Crippen LogP contribution is -2.22. The van der Waals surface area contributed by atoms with Crippen LogP contribution in [0.15, 0.2) is 96.6 Å². The number of rotatable bonds is 6. The molecule has 4 aromatic carbocycles. The number of hydrogen-bond donors (Lipinski definition) is 1. The summed E-state index contributed by atoms with van der Waals surface area (Å²) < 4.78 is 12.5. The van der Waals surface area contributed by atoms with E-state index in [4.69, 9.17) is 9.47 Å². The molecule has 5 heteroatoms. The van der Waals surface area contributed by atoms with Crippen molar-refractivity contribution in [1.82, 2.24) is 0 Å². The zero-order chi connectivity index (χ0) is 24.4. The van der Waals surface area contributed by atoms with Crippen LogP contribution < -0.4 is 4.74 Å². The Labute approximate surface area is 204 Å². The van der Waals surface area contributed by atoms with Gasteiger partial charge in [-0.15, -0.1) is 0 Å². The highest BCUT2D eigenvalue weighted by Crippen LogP contribution is 2.40. The van der Waals surface area contributed by atoms with Crippen molar-refractivity contribution in [2.24, 2.45) is 0 Å². The summed E-state index contributed by atoms with van der Waals surface area (Å²) in [5.41, 5.74) is 4.96. The number of hydroxylamine groups is 1. The van der Waals surface area contributed by atoms with Crippen LogP contribution in [0.5, 0.6) is 5.75 Å². The Morgan fingerprint density at radius 2 is 1.60 bits per heavy atom. The van der Waals surface area contributed by atoms with Crippen LogP contribution in [-0.2, 0) is 16.1 Å². The molecule has 0 amide bonds. The molecular weight excluding hydrogens is 438 g/mol. The molecule has 0 heterocycles. The van der Waals surface area contributed by atoms with Crippen LogP contribution in [-0.4, -0.2) is 35.3 Å². The van der Waals surface area contributed by atoms with Gasteiger partial charge in [0.15, 0.2) is 7.05 Å². The third kappa shape index (κ3) is 4.28. The first-order valence-corrected chi connectivity index (χ1v) is 11.6. The summed E-state index contributed by atoms with van der Waals surface area (Å²) in [6.45, 7) is 2.41. The van der Waals surface area contributed by atoms with Crippen LogP contribution in [0.25, 0.3) is 16.3 Å². The molecule has 5 rings (SSSR count). The molecular formula is C30H26NO4+. The molecule has 0 fully saturated rings. The van der Waals surface area contributed by atoms with E-state index in [0.717, 1.165) is 32.4 Å². The Morgan fingerprint density at radius 3 is 2.34 bits per heavy atom. The van der Waals surface area contributed by atoms with Gasteiger partial charge in [-0.1, -0.05) is 66.7 Å². The van der Waals surface area contributed by atoms with Crippen molar-refractivity contribution in [3.05, 3.63) is 119 Å². The van der Waals surface area contributed by atoms with Crippen molar-refractivity contribution in [1.29, 1.82) is 0 Å². The van der Waals surface area contributed by atoms with Crippen LogP contribution in [0.2, 0.25) is 0 Å². The average molecular weight is 465 g/mol. The lowest BCUT2D eigenvalue weighted by Gasteiger charge is -2.10. The summed E-state index contributed by atoms with van der Waals surface area (Å²) >= 11 is 0. The van der Waals surface area contributed by atoms with Crippen LogP contribution in [0, 0.1) is 0 Å². The molecule has 174 valence electrons. The van der Waals surface area contributed by atoms with Crippen LogP contribution in [0.3, 0.4) is 0 Å². The van der Waals surface area contributed by atoms with E-state index in [1.54, 1.807) is 6.92 Å². The fraction of sp³-hybridized carbons (Fsp3) is 0.133. The van der Waals surface area contributed by atoms with Gasteiger partial charge in [-0.25, -0.2) is 4.79 Å². The third-order valence-electron chi connectivity index (χ3n) is 6.09. The zero-order valence-electron chi connectivity index (χ0n) is 19.7. The van der Waals surface area contributed by atoms with E-state index in [1.165, 1.54) is 12.4 Å². The molecule has 1 N–H and O–H groups in total. The standard InChI is InChI=1S/C30H26NO4/c1-3-34-30(32)28-27(22-10-5-4-6-11-22)25-16-15-24(18-26(25)29(28)31(2)33)35-19-20-13-14-21-9-7-8-12-23(21)17-20/h4-18,33H,3,19H2,1-2H3/q+1. The molecule has 0 radical (unpaired) electrons.